The van der Waals surface area contributed by atoms with Gasteiger partial charge in [0.1, 0.15) is 12.4 Å². The van der Waals surface area contributed by atoms with Crippen LogP contribution in [0.15, 0.2) is 24.3 Å². The van der Waals surface area contributed by atoms with Gasteiger partial charge in [0.25, 0.3) is 0 Å². The zero-order chi connectivity index (χ0) is 16.2. The Balaban J connectivity index is 1.78. The monoisotopic (exact) mass is 318 g/mol. The minimum absolute atomic E-state index is 0.237. The summed E-state index contributed by atoms with van der Waals surface area (Å²) in [7, 11) is 1.88. The van der Waals surface area contributed by atoms with Crippen LogP contribution < -0.4 is 4.74 Å². The van der Waals surface area contributed by atoms with Crippen LogP contribution in [0.1, 0.15) is 5.56 Å². The van der Waals surface area contributed by atoms with E-state index >= 15 is 0 Å². The van der Waals surface area contributed by atoms with E-state index in [9.17, 15) is 18.0 Å². The van der Waals surface area contributed by atoms with E-state index in [0.29, 0.717) is 32.8 Å². The normalized spacial score (nSPS) is 15.3. The third kappa shape index (κ3) is 5.10. The van der Waals surface area contributed by atoms with E-state index in [0.717, 1.165) is 5.56 Å². The number of halogens is 3. The Morgan fingerprint density at radius 2 is 2.00 bits per heavy atom. The van der Waals surface area contributed by atoms with Gasteiger partial charge < -0.3 is 19.3 Å². The average molecular weight is 318 g/mol. The highest BCUT2D eigenvalue weighted by Gasteiger charge is 2.30. The zero-order valence-electron chi connectivity index (χ0n) is 12.1. The highest BCUT2D eigenvalue weighted by atomic mass is 19.4. The summed E-state index contributed by atoms with van der Waals surface area (Å²) < 4.78 is 44.8. The second-order valence-electron chi connectivity index (χ2n) is 5.03. The van der Waals surface area contributed by atoms with Crippen LogP contribution >= 0.6 is 0 Å². The van der Waals surface area contributed by atoms with Gasteiger partial charge >= 0.3 is 12.5 Å². The molecule has 0 N–H and O–H groups in total. The number of ether oxygens (including phenoxy) is 2. The van der Waals surface area contributed by atoms with Crippen molar-refractivity contribution in [2.45, 2.75) is 12.9 Å². The molecule has 1 saturated heterocycles. The summed E-state index contributed by atoms with van der Waals surface area (Å²) in [6.07, 6.45) is -4.98. The summed E-state index contributed by atoms with van der Waals surface area (Å²) in [5.41, 5.74) is 0.862. The summed E-state index contributed by atoms with van der Waals surface area (Å²) in [6, 6.07) is 5.74. The SMILES string of the molecule is CN(CCN1CCOC1=O)Cc1ccc(OC(F)(F)F)cc1. The number of nitrogens with zero attached hydrogens (tertiary/aromatic N) is 2. The van der Waals surface area contributed by atoms with Gasteiger partial charge in [-0.25, -0.2) is 4.79 Å². The Hall–Kier alpha value is -1.96. The maximum atomic E-state index is 12.1. The van der Waals surface area contributed by atoms with Crippen molar-refractivity contribution in [2.75, 3.05) is 33.3 Å². The Labute approximate surface area is 126 Å². The Kier molecular flexibility index (Phi) is 5.12. The highest BCUT2D eigenvalue weighted by Crippen LogP contribution is 2.22. The van der Waals surface area contributed by atoms with E-state index in [-0.39, 0.29) is 11.8 Å². The van der Waals surface area contributed by atoms with Gasteiger partial charge in [0.15, 0.2) is 0 Å². The van der Waals surface area contributed by atoms with E-state index < -0.39 is 6.36 Å². The molecule has 0 unspecified atom stereocenters. The third-order valence-electron chi connectivity index (χ3n) is 3.21. The first-order valence-electron chi connectivity index (χ1n) is 6.78. The lowest BCUT2D eigenvalue weighted by Gasteiger charge is -2.20. The van der Waals surface area contributed by atoms with Gasteiger partial charge in [0, 0.05) is 19.6 Å². The number of cyclic esters (lactones) is 1. The number of hydrogen-bond acceptors (Lipinski definition) is 4. The average Bonchev–Trinajstić information content (AvgIpc) is 2.83. The van der Waals surface area contributed by atoms with Crippen molar-refractivity contribution in [3.8, 4) is 5.75 Å². The first kappa shape index (κ1) is 16.4. The van der Waals surface area contributed by atoms with E-state index in [1.54, 1.807) is 17.0 Å². The van der Waals surface area contributed by atoms with E-state index in [1.807, 2.05) is 11.9 Å². The Morgan fingerprint density at radius 3 is 2.55 bits per heavy atom. The maximum Gasteiger partial charge on any atom is 0.573 e. The molecule has 1 amide bonds. The first-order chi connectivity index (χ1) is 10.3. The number of hydrogen-bond donors (Lipinski definition) is 0. The van der Waals surface area contributed by atoms with Crippen molar-refractivity contribution >= 4 is 6.09 Å². The van der Waals surface area contributed by atoms with Gasteiger partial charge in [0.2, 0.25) is 0 Å². The number of alkyl halides is 3. The van der Waals surface area contributed by atoms with Crippen molar-refractivity contribution in [2.24, 2.45) is 0 Å². The van der Waals surface area contributed by atoms with E-state index in [4.69, 9.17) is 4.74 Å². The van der Waals surface area contributed by atoms with Crippen LogP contribution in [0.3, 0.4) is 0 Å². The maximum absolute atomic E-state index is 12.1. The molecule has 1 aliphatic rings. The second-order valence-corrected chi connectivity index (χ2v) is 5.03. The first-order valence-corrected chi connectivity index (χ1v) is 6.78. The van der Waals surface area contributed by atoms with Crippen molar-refractivity contribution in [1.82, 2.24) is 9.80 Å². The van der Waals surface area contributed by atoms with Gasteiger partial charge in [-0.15, -0.1) is 13.2 Å². The highest BCUT2D eigenvalue weighted by molar-refractivity contribution is 5.69. The second kappa shape index (κ2) is 6.87. The molecule has 1 heterocycles. The lowest BCUT2D eigenvalue weighted by molar-refractivity contribution is -0.274. The molecule has 1 aromatic rings. The molecular formula is C14H17F3N2O3. The Bertz CT molecular complexity index is 505. The number of likely N-dealkylation sites (N-methyl/N-ethyl adjacent to an activating group) is 1. The number of carbonyl (C=O) groups excluding carboxylic acids is 1. The molecule has 0 radical (unpaired) electrons. The van der Waals surface area contributed by atoms with Gasteiger partial charge in [-0.1, -0.05) is 12.1 Å². The van der Waals surface area contributed by atoms with Crippen molar-refractivity contribution in [1.29, 1.82) is 0 Å². The number of amides is 1. The largest absolute Gasteiger partial charge is 0.573 e. The molecule has 122 valence electrons. The van der Waals surface area contributed by atoms with Gasteiger partial charge in [-0.2, -0.15) is 0 Å². The fraction of sp³-hybridized carbons (Fsp3) is 0.500. The minimum atomic E-state index is -4.68. The molecule has 1 aromatic carbocycles. The molecule has 0 bridgehead atoms. The summed E-state index contributed by atoms with van der Waals surface area (Å²) in [6.45, 7) is 2.79. The molecule has 1 fully saturated rings. The zero-order valence-corrected chi connectivity index (χ0v) is 12.1. The predicted octanol–water partition coefficient (Wildman–Crippen LogP) is 2.47. The quantitative estimate of drug-likeness (QED) is 0.808. The summed E-state index contributed by atoms with van der Waals surface area (Å²) in [4.78, 5) is 14.9. The molecule has 0 atom stereocenters. The molecule has 5 nitrogen and oxygen atoms in total. The van der Waals surface area contributed by atoms with E-state index in [1.165, 1.54) is 12.1 Å². The van der Waals surface area contributed by atoms with Crippen LogP contribution in [0.5, 0.6) is 5.75 Å². The van der Waals surface area contributed by atoms with Gasteiger partial charge in [-0.3, -0.25) is 0 Å². The van der Waals surface area contributed by atoms with Crippen LogP contribution in [-0.2, 0) is 11.3 Å². The summed E-state index contributed by atoms with van der Waals surface area (Å²) in [5, 5.41) is 0. The van der Waals surface area contributed by atoms with Crippen LogP contribution in [0.2, 0.25) is 0 Å². The van der Waals surface area contributed by atoms with Crippen molar-refractivity contribution in [3.63, 3.8) is 0 Å². The van der Waals surface area contributed by atoms with Gasteiger partial charge in [-0.05, 0) is 24.7 Å². The third-order valence-corrected chi connectivity index (χ3v) is 3.21. The molecule has 0 aliphatic carbocycles. The molecule has 22 heavy (non-hydrogen) atoms. The molecular weight excluding hydrogens is 301 g/mol. The van der Waals surface area contributed by atoms with Crippen LogP contribution in [0.25, 0.3) is 0 Å². The van der Waals surface area contributed by atoms with Crippen LogP contribution in [0, 0.1) is 0 Å². The molecule has 2 rings (SSSR count). The molecule has 0 spiro atoms. The number of benzene rings is 1. The van der Waals surface area contributed by atoms with Crippen LogP contribution in [0.4, 0.5) is 18.0 Å². The van der Waals surface area contributed by atoms with E-state index in [2.05, 4.69) is 4.74 Å². The Morgan fingerprint density at radius 1 is 1.32 bits per heavy atom. The molecule has 0 saturated carbocycles. The lowest BCUT2D eigenvalue weighted by Crippen LogP contribution is -2.33. The van der Waals surface area contributed by atoms with Crippen molar-refractivity contribution in [3.05, 3.63) is 29.8 Å². The standard InChI is InChI=1S/C14H17F3N2O3/c1-18(6-7-19-8-9-21-13(19)20)10-11-2-4-12(5-3-11)22-14(15,16)17/h2-5H,6-10H2,1H3. The number of rotatable bonds is 6. The smallest absolute Gasteiger partial charge is 0.448 e. The fourth-order valence-electron chi connectivity index (χ4n) is 2.11. The molecule has 8 heteroatoms. The van der Waals surface area contributed by atoms with Crippen molar-refractivity contribution < 1.29 is 27.4 Å². The summed E-state index contributed by atoms with van der Waals surface area (Å²) >= 11 is 0. The number of carbonyl (C=O) groups is 1. The van der Waals surface area contributed by atoms with Crippen LogP contribution in [-0.4, -0.2) is 55.5 Å². The minimum Gasteiger partial charge on any atom is -0.448 e. The molecule has 1 aliphatic heterocycles. The lowest BCUT2D eigenvalue weighted by atomic mass is 10.2. The topological polar surface area (TPSA) is 42.0 Å². The molecule has 0 aromatic heterocycles. The summed E-state index contributed by atoms with van der Waals surface area (Å²) in [5.74, 6) is -0.237. The fourth-order valence-corrected chi connectivity index (χ4v) is 2.11. The van der Waals surface area contributed by atoms with Gasteiger partial charge in [0.05, 0.1) is 6.54 Å². The predicted molar refractivity (Wildman–Crippen MR) is 72.4 cm³/mol.